The summed E-state index contributed by atoms with van der Waals surface area (Å²) >= 11 is 0. The van der Waals surface area contributed by atoms with Crippen LogP contribution in [-0.2, 0) is 6.54 Å². The molecule has 0 aliphatic rings. The molecule has 0 fully saturated rings. The third-order valence-corrected chi connectivity index (χ3v) is 4.09. The summed E-state index contributed by atoms with van der Waals surface area (Å²) in [6.45, 7) is 4.46. The Balaban J connectivity index is 1.73. The minimum Gasteiger partial charge on any atom is -0.493 e. The molecule has 0 spiro atoms. The zero-order valence-electron chi connectivity index (χ0n) is 15.3. The number of pyridine rings is 1. The van der Waals surface area contributed by atoms with E-state index in [4.69, 9.17) is 9.47 Å². The summed E-state index contributed by atoms with van der Waals surface area (Å²) in [6.07, 6.45) is 3.31. The lowest BCUT2D eigenvalue weighted by molar-refractivity contribution is 0.0950. The fourth-order valence-electron chi connectivity index (χ4n) is 2.72. The summed E-state index contributed by atoms with van der Waals surface area (Å²) in [4.78, 5) is 16.8. The van der Waals surface area contributed by atoms with Crippen LogP contribution < -0.4 is 14.8 Å². The number of hydrogen-bond acceptors (Lipinski definition) is 5. The van der Waals surface area contributed by atoms with Gasteiger partial charge in [0.05, 0.1) is 26.0 Å². The van der Waals surface area contributed by atoms with Gasteiger partial charge in [-0.1, -0.05) is 6.07 Å². The van der Waals surface area contributed by atoms with Crippen molar-refractivity contribution in [1.82, 2.24) is 20.1 Å². The molecule has 0 radical (unpaired) electrons. The maximum absolute atomic E-state index is 12.4. The average molecular weight is 354 g/mol. The van der Waals surface area contributed by atoms with E-state index >= 15 is 0 Å². The van der Waals surface area contributed by atoms with E-state index in [9.17, 15) is 4.79 Å². The molecule has 3 rings (SSSR count). The number of carbonyl (C=O) groups is 1. The van der Waals surface area contributed by atoms with E-state index in [0.29, 0.717) is 23.6 Å². The van der Waals surface area contributed by atoms with Crippen molar-refractivity contribution >= 4 is 16.9 Å². The minimum atomic E-state index is -0.188. The number of rotatable bonds is 6. The van der Waals surface area contributed by atoms with Crippen LogP contribution >= 0.6 is 0 Å². The van der Waals surface area contributed by atoms with Crippen LogP contribution in [0.2, 0.25) is 0 Å². The first-order valence-corrected chi connectivity index (χ1v) is 8.36. The second kappa shape index (κ2) is 7.43. The topological polar surface area (TPSA) is 78.3 Å². The number of amides is 1. The molecule has 3 aromatic rings. The van der Waals surface area contributed by atoms with Gasteiger partial charge in [0.25, 0.3) is 5.91 Å². The maximum Gasteiger partial charge on any atom is 0.253 e. The average Bonchev–Trinajstić information content (AvgIpc) is 3.09. The summed E-state index contributed by atoms with van der Waals surface area (Å²) < 4.78 is 12.3. The monoisotopic (exact) mass is 354 g/mol. The van der Waals surface area contributed by atoms with E-state index in [2.05, 4.69) is 15.4 Å². The Labute approximate surface area is 151 Å². The third-order valence-electron chi connectivity index (χ3n) is 4.09. The van der Waals surface area contributed by atoms with Gasteiger partial charge in [-0.2, -0.15) is 5.10 Å². The molecular formula is C19H22N4O3. The predicted octanol–water partition coefficient (Wildman–Crippen LogP) is 2.96. The summed E-state index contributed by atoms with van der Waals surface area (Å²) in [5, 5.41) is 8.06. The molecule has 2 heterocycles. The zero-order chi connectivity index (χ0) is 18.7. The number of benzene rings is 1. The highest BCUT2D eigenvalue weighted by atomic mass is 16.5. The van der Waals surface area contributed by atoms with Gasteiger partial charge in [0.2, 0.25) is 0 Å². The molecule has 7 nitrogen and oxygen atoms in total. The van der Waals surface area contributed by atoms with E-state index in [0.717, 1.165) is 16.6 Å². The van der Waals surface area contributed by atoms with Gasteiger partial charge in [-0.25, -0.2) is 9.67 Å². The highest BCUT2D eigenvalue weighted by Crippen LogP contribution is 2.27. The molecule has 0 aliphatic carbocycles. The highest BCUT2D eigenvalue weighted by Gasteiger charge is 2.12. The molecule has 0 saturated carbocycles. The van der Waals surface area contributed by atoms with E-state index in [1.807, 2.05) is 36.7 Å². The van der Waals surface area contributed by atoms with Gasteiger partial charge in [0.15, 0.2) is 17.1 Å². The summed E-state index contributed by atoms with van der Waals surface area (Å²) in [5.74, 6) is 1.09. The van der Waals surface area contributed by atoms with Gasteiger partial charge in [-0.05, 0) is 37.6 Å². The van der Waals surface area contributed by atoms with Gasteiger partial charge in [0.1, 0.15) is 0 Å². The Hall–Kier alpha value is -3.09. The lowest BCUT2D eigenvalue weighted by atomic mass is 10.2. The van der Waals surface area contributed by atoms with Crippen LogP contribution in [0, 0.1) is 0 Å². The number of fused-ring (bicyclic) bond motifs is 1. The van der Waals surface area contributed by atoms with Crippen molar-refractivity contribution < 1.29 is 14.3 Å². The Morgan fingerprint density at radius 1 is 1.15 bits per heavy atom. The molecule has 0 bridgehead atoms. The molecule has 0 aliphatic heterocycles. The number of ether oxygens (including phenoxy) is 2. The number of methoxy groups -OCH3 is 2. The highest BCUT2D eigenvalue weighted by molar-refractivity contribution is 5.96. The first-order valence-electron chi connectivity index (χ1n) is 8.36. The van der Waals surface area contributed by atoms with Gasteiger partial charge < -0.3 is 14.8 Å². The summed E-state index contributed by atoms with van der Waals surface area (Å²) in [7, 11) is 3.17. The van der Waals surface area contributed by atoms with Crippen LogP contribution in [-0.4, -0.2) is 34.9 Å². The van der Waals surface area contributed by atoms with Crippen molar-refractivity contribution in [3.63, 3.8) is 0 Å². The molecule has 1 N–H and O–H groups in total. The normalized spacial score (nSPS) is 11.0. The largest absolute Gasteiger partial charge is 0.493 e. The number of aromatic nitrogens is 3. The van der Waals surface area contributed by atoms with E-state index < -0.39 is 0 Å². The second-order valence-electron chi connectivity index (χ2n) is 6.19. The van der Waals surface area contributed by atoms with Crippen molar-refractivity contribution in [2.45, 2.75) is 26.4 Å². The number of nitrogens with zero attached hydrogens (tertiary/aromatic N) is 3. The molecule has 0 atom stereocenters. The predicted molar refractivity (Wildman–Crippen MR) is 98.6 cm³/mol. The van der Waals surface area contributed by atoms with Gasteiger partial charge in [-0.15, -0.1) is 0 Å². The van der Waals surface area contributed by atoms with E-state index in [-0.39, 0.29) is 11.9 Å². The van der Waals surface area contributed by atoms with Crippen molar-refractivity contribution in [2.75, 3.05) is 14.2 Å². The Morgan fingerprint density at radius 2 is 1.92 bits per heavy atom. The van der Waals surface area contributed by atoms with Crippen LogP contribution in [0.4, 0.5) is 0 Å². The smallest absolute Gasteiger partial charge is 0.253 e. The molecular weight excluding hydrogens is 332 g/mol. The van der Waals surface area contributed by atoms with E-state index in [1.165, 1.54) is 0 Å². The molecule has 1 aromatic carbocycles. The van der Waals surface area contributed by atoms with Crippen LogP contribution in [0.15, 0.2) is 36.7 Å². The van der Waals surface area contributed by atoms with Crippen molar-refractivity contribution in [3.05, 3.63) is 47.8 Å². The zero-order valence-corrected chi connectivity index (χ0v) is 15.3. The summed E-state index contributed by atoms with van der Waals surface area (Å²) in [6, 6.07) is 7.56. The third kappa shape index (κ3) is 3.46. The first-order chi connectivity index (χ1) is 12.5. The second-order valence-corrected chi connectivity index (χ2v) is 6.19. The van der Waals surface area contributed by atoms with Gasteiger partial charge >= 0.3 is 0 Å². The van der Waals surface area contributed by atoms with Crippen molar-refractivity contribution in [1.29, 1.82) is 0 Å². The number of carbonyl (C=O) groups excluding carboxylic acids is 1. The van der Waals surface area contributed by atoms with Crippen LogP contribution in [0.5, 0.6) is 11.5 Å². The van der Waals surface area contributed by atoms with Gasteiger partial charge in [0, 0.05) is 24.2 Å². The SMILES string of the molecule is COc1ccc(CNC(=O)c2cnc3c(cnn3C(C)C)c2)cc1OC. The first kappa shape index (κ1) is 17.7. The standard InChI is InChI=1S/C19H22N4O3/c1-12(2)23-18-14(11-22-23)8-15(10-20-18)19(24)21-9-13-5-6-16(25-3)17(7-13)26-4/h5-8,10-12H,9H2,1-4H3,(H,21,24). The number of hydrogen-bond donors (Lipinski definition) is 1. The van der Waals surface area contributed by atoms with Crippen molar-refractivity contribution in [2.24, 2.45) is 0 Å². The van der Waals surface area contributed by atoms with Crippen LogP contribution in [0.1, 0.15) is 35.8 Å². The maximum atomic E-state index is 12.4. The van der Waals surface area contributed by atoms with E-state index in [1.54, 1.807) is 32.7 Å². The molecule has 26 heavy (non-hydrogen) atoms. The summed E-state index contributed by atoms with van der Waals surface area (Å²) in [5.41, 5.74) is 2.19. The molecule has 2 aromatic heterocycles. The fourth-order valence-corrected chi connectivity index (χ4v) is 2.72. The Morgan fingerprint density at radius 3 is 2.62 bits per heavy atom. The molecule has 7 heteroatoms. The molecule has 136 valence electrons. The molecule has 0 unspecified atom stereocenters. The minimum absolute atomic E-state index is 0.188. The van der Waals surface area contributed by atoms with Gasteiger partial charge in [-0.3, -0.25) is 4.79 Å². The quantitative estimate of drug-likeness (QED) is 0.736. The Kier molecular flexibility index (Phi) is 5.06. The fraction of sp³-hybridized carbons (Fsp3) is 0.316. The molecule has 0 saturated heterocycles. The number of nitrogens with one attached hydrogen (secondary N) is 1. The lowest BCUT2D eigenvalue weighted by Crippen LogP contribution is -2.23. The lowest BCUT2D eigenvalue weighted by Gasteiger charge is -2.10. The van der Waals surface area contributed by atoms with Crippen LogP contribution in [0.3, 0.4) is 0 Å². The van der Waals surface area contributed by atoms with Crippen molar-refractivity contribution in [3.8, 4) is 11.5 Å². The molecule has 1 amide bonds. The Bertz CT molecular complexity index is 934. The van der Waals surface area contributed by atoms with Crippen LogP contribution in [0.25, 0.3) is 11.0 Å².